The summed E-state index contributed by atoms with van der Waals surface area (Å²) in [6.45, 7) is 4.60. The van der Waals surface area contributed by atoms with Gasteiger partial charge in [0.1, 0.15) is 0 Å². The molecule has 0 saturated carbocycles. The van der Waals surface area contributed by atoms with Gasteiger partial charge in [0, 0.05) is 22.0 Å². The normalized spacial score (nSPS) is 17.6. The first-order valence-corrected chi connectivity index (χ1v) is 8.56. The van der Waals surface area contributed by atoms with E-state index >= 15 is 0 Å². The van der Waals surface area contributed by atoms with Gasteiger partial charge in [0.2, 0.25) is 0 Å². The summed E-state index contributed by atoms with van der Waals surface area (Å²) in [5.41, 5.74) is 4.04. The number of para-hydroxylation sites is 1. The van der Waals surface area contributed by atoms with Crippen molar-refractivity contribution in [3.05, 3.63) is 57.9 Å². The van der Waals surface area contributed by atoms with E-state index in [1.165, 1.54) is 52.8 Å². The molecule has 3 aromatic rings. The first-order chi connectivity index (χ1) is 10.3. The smallest absolute Gasteiger partial charge is 0.0716 e. The van der Waals surface area contributed by atoms with Crippen LogP contribution in [-0.4, -0.2) is 23.0 Å². The minimum absolute atomic E-state index is 0.406. The Hall–Kier alpha value is -1.58. The molecule has 1 atom stereocenters. The van der Waals surface area contributed by atoms with Gasteiger partial charge in [-0.25, -0.2) is 0 Å². The molecule has 3 heterocycles. The molecule has 1 N–H and O–H groups in total. The van der Waals surface area contributed by atoms with Gasteiger partial charge < -0.3 is 4.98 Å². The summed E-state index contributed by atoms with van der Waals surface area (Å²) in [7, 11) is 0. The molecule has 0 spiro atoms. The highest BCUT2D eigenvalue weighted by Crippen LogP contribution is 2.38. The van der Waals surface area contributed by atoms with Crippen LogP contribution in [0.15, 0.2) is 41.9 Å². The van der Waals surface area contributed by atoms with Crippen LogP contribution in [0.2, 0.25) is 0 Å². The van der Waals surface area contributed by atoms with Crippen molar-refractivity contribution in [2.24, 2.45) is 0 Å². The number of hydrogen-bond acceptors (Lipinski definition) is 2. The van der Waals surface area contributed by atoms with Crippen molar-refractivity contribution in [2.75, 3.05) is 13.1 Å². The number of H-pyrrole nitrogens is 1. The van der Waals surface area contributed by atoms with Crippen LogP contribution in [0.4, 0.5) is 0 Å². The first kappa shape index (κ1) is 13.1. The Morgan fingerprint density at radius 2 is 2.00 bits per heavy atom. The molecule has 1 aromatic carbocycles. The number of likely N-dealkylation sites (tertiary alicyclic amines) is 1. The van der Waals surface area contributed by atoms with Gasteiger partial charge in [0.25, 0.3) is 0 Å². The van der Waals surface area contributed by atoms with E-state index in [4.69, 9.17) is 0 Å². The lowest BCUT2D eigenvalue weighted by Crippen LogP contribution is -2.25. The van der Waals surface area contributed by atoms with E-state index < -0.39 is 0 Å². The van der Waals surface area contributed by atoms with E-state index in [-0.39, 0.29) is 0 Å². The second kappa shape index (κ2) is 5.32. The second-order valence-corrected chi connectivity index (χ2v) is 6.88. The largest absolute Gasteiger partial charge is 0.361 e. The Morgan fingerprint density at radius 1 is 1.14 bits per heavy atom. The molecule has 0 aliphatic carbocycles. The van der Waals surface area contributed by atoms with Crippen molar-refractivity contribution >= 4 is 22.2 Å². The van der Waals surface area contributed by atoms with Crippen molar-refractivity contribution in [3.63, 3.8) is 0 Å². The highest BCUT2D eigenvalue weighted by molar-refractivity contribution is 7.10. The number of hydrogen-bond donors (Lipinski definition) is 1. The number of nitrogens with zero attached hydrogens (tertiary/aromatic N) is 1. The first-order valence-electron chi connectivity index (χ1n) is 7.68. The van der Waals surface area contributed by atoms with Gasteiger partial charge >= 0.3 is 0 Å². The monoisotopic (exact) mass is 296 g/mol. The highest BCUT2D eigenvalue weighted by Gasteiger charge is 2.27. The molecule has 1 unspecified atom stereocenters. The summed E-state index contributed by atoms with van der Waals surface area (Å²) in [4.78, 5) is 7.59. The fourth-order valence-corrected chi connectivity index (χ4v) is 4.41. The fraction of sp³-hybridized carbons (Fsp3) is 0.333. The predicted molar refractivity (Wildman–Crippen MR) is 90.0 cm³/mol. The van der Waals surface area contributed by atoms with Gasteiger partial charge in [-0.1, -0.05) is 24.3 Å². The third-order valence-corrected chi connectivity index (χ3v) is 5.49. The molecule has 3 heteroatoms. The van der Waals surface area contributed by atoms with Gasteiger partial charge in [-0.05, 0) is 55.4 Å². The topological polar surface area (TPSA) is 19.0 Å². The summed E-state index contributed by atoms with van der Waals surface area (Å²) < 4.78 is 0. The number of fused-ring (bicyclic) bond motifs is 1. The van der Waals surface area contributed by atoms with Gasteiger partial charge in [-0.3, -0.25) is 4.90 Å². The third-order valence-electron chi connectivity index (χ3n) is 4.57. The molecule has 108 valence electrons. The quantitative estimate of drug-likeness (QED) is 0.740. The summed E-state index contributed by atoms with van der Waals surface area (Å²) in [6.07, 6.45) is 4.87. The van der Waals surface area contributed by atoms with Crippen molar-refractivity contribution < 1.29 is 0 Å². The average Bonchev–Trinajstić information content (AvgIpc) is 3.22. The van der Waals surface area contributed by atoms with Crippen molar-refractivity contribution in [3.8, 4) is 0 Å². The van der Waals surface area contributed by atoms with Crippen LogP contribution in [-0.2, 0) is 0 Å². The van der Waals surface area contributed by atoms with E-state index in [9.17, 15) is 0 Å². The SMILES string of the molecule is Cc1cccc2c(C(c3cccs3)N3CCCC3)c[nH]c12. The van der Waals surface area contributed by atoms with Crippen LogP contribution in [0.5, 0.6) is 0 Å². The third kappa shape index (κ3) is 2.21. The summed E-state index contributed by atoms with van der Waals surface area (Å²) in [6, 6.07) is 11.5. The van der Waals surface area contributed by atoms with Crippen molar-refractivity contribution in [2.45, 2.75) is 25.8 Å². The molecule has 1 aliphatic heterocycles. The Morgan fingerprint density at radius 3 is 2.76 bits per heavy atom. The standard InChI is InChI=1S/C18H20N2S/c1-13-6-4-7-14-15(12-19-17(13)14)18(16-8-5-11-21-16)20-9-2-3-10-20/h4-8,11-12,18-19H,2-3,9-10H2,1H3. The number of thiophene rings is 1. The molecule has 1 aliphatic rings. The molecule has 2 aromatic heterocycles. The molecular formula is C18H20N2S. The lowest BCUT2D eigenvalue weighted by Gasteiger charge is -2.26. The molecule has 2 nitrogen and oxygen atoms in total. The van der Waals surface area contributed by atoms with Crippen LogP contribution in [0.3, 0.4) is 0 Å². The summed E-state index contributed by atoms with van der Waals surface area (Å²) in [5.74, 6) is 0. The van der Waals surface area contributed by atoms with Gasteiger partial charge in [-0.15, -0.1) is 11.3 Å². The zero-order valence-electron chi connectivity index (χ0n) is 12.3. The van der Waals surface area contributed by atoms with E-state index in [0.717, 1.165) is 0 Å². The molecule has 0 radical (unpaired) electrons. The maximum Gasteiger partial charge on any atom is 0.0716 e. The lowest BCUT2D eigenvalue weighted by molar-refractivity contribution is 0.286. The van der Waals surface area contributed by atoms with E-state index in [2.05, 4.69) is 58.7 Å². The van der Waals surface area contributed by atoms with E-state index in [1.54, 1.807) is 0 Å². The van der Waals surface area contributed by atoms with Crippen LogP contribution < -0.4 is 0 Å². The van der Waals surface area contributed by atoms with Crippen molar-refractivity contribution in [1.82, 2.24) is 9.88 Å². The second-order valence-electron chi connectivity index (χ2n) is 5.90. The number of aryl methyl sites for hydroxylation is 1. The van der Waals surface area contributed by atoms with Crippen LogP contribution in [0, 0.1) is 6.92 Å². The van der Waals surface area contributed by atoms with Crippen molar-refractivity contribution in [1.29, 1.82) is 0 Å². The van der Waals surface area contributed by atoms with Gasteiger partial charge in [0.15, 0.2) is 0 Å². The highest BCUT2D eigenvalue weighted by atomic mass is 32.1. The van der Waals surface area contributed by atoms with Crippen LogP contribution in [0.1, 0.15) is 34.9 Å². The van der Waals surface area contributed by atoms with Gasteiger partial charge in [-0.2, -0.15) is 0 Å². The molecule has 21 heavy (non-hydrogen) atoms. The Balaban J connectivity index is 1.87. The summed E-state index contributed by atoms with van der Waals surface area (Å²) >= 11 is 1.87. The average molecular weight is 296 g/mol. The number of benzene rings is 1. The number of aromatic amines is 1. The number of nitrogens with one attached hydrogen (secondary N) is 1. The van der Waals surface area contributed by atoms with E-state index in [0.29, 0.717) is 6.04 Å². The Kier molecular flexibility index (Phi) is 3.32. The predicted octanol–water partition coefficient (Wildman–Crippen LogP) is 4.72. The Bertz CT molecular complexity index is 736. The van der Waals surface area contributed by atoms with Crippen LogP contribution >= 0.6 is 11.3 Å². The minimum atomic E-state index is 0.406. The molecule has 0 amide bonds. The zero-order valence-corrected chi connectivity index (χ0v) is 13.1. The molecule has 1 fully saturated rings. The molecule has 4 rings (SSSR count). The maximum absolute atomic E-state index is 3.50. The Labute approximate surface area is 129 Å². The van der Waals surface area contributed by atoms with E-state index in [1.807, 2.05) is 11.3 Å². The maximum atomic E-state index is 3.50. The van der Waals surface area contributed by atoms with Gasteiger partial charge in [0.05, 0.1) is 6.04 Å². The number of rotatable bonds is 3. The molecule has 0 bridgehead atoms. The lowest BCUT2D eigenvalue weighted by atomic mass is 10.0. The molecule has 1 saturated heterocycles. The summed E-state index contributed by atoms with van der Waals surface area (Å²) in [5, 5.41) is 3.57. The fourth-order valence-electron chi connectivity index (χ4n) is 3.53. The zero-order chi connectivity index (χ0) is 14.2. The van der Waals surface area contributed by atoms with Crippen LogP contribution in [0.25, 0.3) is 10.9 Å². The molecular weight excluding hydrogens is 276 g/mol. The minimum Gasteiger partial charge on any atom is -0.361 e. The number of aromatic nitrogens is 1.